The van der Waals surface area contributed by atoms with E-state index in [1.54, 1.807) is 13.8 Å². The minimum absolute atomic E-state index is 0.182. The fraction of sp³-hybridized carbons (Fsp3) is 0.364. The number of sulfonamides is 1. The fourth-order valence-electron chi connectivity index (χ4n) is 3.34. The number of carbonyl (C=O) groups is 1. The van der Waals surface area contributed by atoms with E-state index in [0.717, 1.165) is 28.7 Å². The van der Waals surface area contributed by atoms with E-state index in [1.807, 2.05) is 6.92 Å². The third kappa shape index (κ3) is 4.40. The summed E-state index contributed by atoms with van der Waals surface area (Å²) < 4.78 is 29.8. The summed E-state index contributed by atoms with van der Waals surface area (Å²) >= 11 is 1.49. The zero-order valence-corrected chi connectivity index (χ0v) is 19.4. The molecule has 1 heterocycles. The number of rotatable bonds is 7. The molecule has 0 bridgehead atoms. The molecule has 0 aliphatic heterocycles. The van der Waals surface area contributed by atoms with Gasteiger partial charge < -0.3 is 4.57 Å². The molecule has 1 amide bonds. The van der Waals surface area contributed by atoms with Gasteiger partial charge in [-0.25, -0.2) is 8.42 Å². The SMILES string of the molecule is CCCn1c(=NC(=O)c2ccc(S(=O)(=O)N(CC)CC)cc2)sc2cc(C)ccc21. The average molecular weight is 446 g/mol. The Kier molecular flexibility index (Phi) is 6.90. The van der Waals surface area contributed by atoms with Crippen molar-refractivity contribution in [3.63, 3.8) is 0 Å². The molecule has 0 saturated heterocycles. The average Bonchev–Trinajstić information content (AvgIpc) is 3.05. The van der Waals surface area contributed by atoms with E-state index in [0.29, 0.717) is 23.5 Å². The van der Waals surface area contributed by atoms with Gasteiger partial charge in [-0.15, -0.1) is 0 Å². The second kappa shape index (κ2) is 9.24. The highest BCUT2D eigenvalue weighted by Crippen LogP contribution is 2.20. The first kappa shape index (κ1) is 22.4. The minimum atomic E-state index is -3.55. The van der Waals surface area contributed by atoms with Gasteiger partial charge in [0.05, 0.1) is 15.1 Å². The van der Waals surface area contributed by atoms with E-state index in [4.69, 9.17) is 0 Å². The molecule has 3 aromatic rings. The predicted molar refractivity (Wildman–Crippen MR) is 121 cm³/mol. The van der Waals surface area contributed by atoms with Gasteiger partial charge >= 0.3 is 0 Å². The molecule has 8 heteroatoms. The first-order chi connectivity index (χ1) is 14.3. The number of benzene rings is 2. The first-order valence-corrected chi connectivity index (χ1v) is 12.4. The summed E-state index contributed by atoms with van der Waals surface area (Å²) in [5.41, 5.74) is 2.60. The van der Waals surface area contributed by atoms with Gasteiger partial charge in [0.25, 0.3) is 5.91 Å². The largest absolute Gasteiger partial charge is 0.316 e. The van der Waals surface area contributed by atoms with E-state index < -0.39 is 10.0 Å². The molecule has 1 aromatic heterocycles. The molecule has 0 aliphatic rings. The Hall–Kier alpha value is -2.29. The van der Waals surface area contributed by atoms with Gasteiger partial charge in [0.2, 0.25) is 10.0 Å². The number of nitrogens with zero attached hydrogens (tertiary/aromatic N) is 3. The monoisotopic (exact) mass is 445 g/mol. The first-order valence-electron chi connectivity index (χ1n) is 10.1. The van der Waals surface area contributed by atoms with E-state index in [-0.39, 0.29) is 10.8 Å². The topological polar surface area (TPSA) is 71.7 Å². The van der Waals surface area contributed by atoms with Crippen LogP contribution in [0.25, 0.3) is 10.2 Å². The van der Waals surface area contributed by atoms with Crippen molar-refractivity contribution in [1.29, 1.82) is 0 Å². The molecule has 0 radical (unpaired) electrons. The Morgan fingerprint density at radius 1 is 1.07 bits per heavy atom. The lowest BCUT2D eigenvalue weighted by molar-refractivity contribution is 0.0997. The molecule has 6 nitrogen and oxygen atoms in total. The van der Waals surface area contributed by atoms with Crippen molar-refractivity contribution in [2.45, 2.75) is 45.6 Å². The molecule has 30 heavy (non-hydrogen) atoms. The van der Waals surface area contributed by atoms with Gasteiger partial charge in [-0.1, -0.05) is 38.2 Å². The summed E-state index contributed by atoms with van der Waals surface area (Å²) in [6, 6.07) is 12.2. The molecule has 0 saturated carbocycles. The van der Waals surface area contributed by atoms with Crippen LogP contribution < -0.4 is 4.80 Å². The molecule has 160 valence electrons. The van der Waals surface area contributed by atoms with Crippen molar-refractivity contribution in [3.05, 3.63) is 58.4 Å². The molecule has 0 aliphatic carbocycles. The maximum atomic E-state index is 12.8. The van der Waals surface area contributed by atoms with Crippen LogP contribution in [0.4, 0.5) is 0 Å². The van der Waals surface area contributed by atoms with Crippen LogP contribution in [-0.2, 0) is 16.6 Å². The Labute approximate surface area is 181 Å². The highest BCUT2D eigenvalue weighted by molar-refractivity contribution is 7.89. The van der Waals surface area contributed by atoms with Crippen molar-refractivity contribution < 1.29 is 13.2 Å². The predicted octanol–water partition coefficient (Wildman–Crippen LogP) is 4.19. The van der Waals surface area contributed by atoms with E-state index in [2.05, 4.69) is 34.7 Å². The van der Waals surface area contributed by atoms with Gasteiger partial charge in [-0.3, -0.25) is 4.79 Å². The molecule has 2 aromatic carbocycles. The smallest absolute Gasteiger partial charge is 0.279 e. The highest BCUT2D eigenvalue weighted by atomic mass is 32.2. The summed E-state index contributed by atoms with van der Waals surface area (Å²) in [6.45, 7) is 9.31. The van der Waals surface area contributed by atoms with Crippen LogP contribution >= 0.6 is 11.3 Å². The molecular weight excluding hydrogens is 418 g/mol. The fourth-order valence-corrected chi connectivity index (χ4v) is 5.95. The second-order valence-corrected chi connectivity index (χ2v) is 9.99. The number of hydrogen-bond acceptors (Lipinski definition) is 4. The number of aromatic nitrogens is 1. The highest BCUT2D eigenvalue weighted by Gasteiger charge is 2.21. The molecule has 0 spiro atoms. The van der Waals surface area contributed by atoms with Crippen molar-refractivity contribution in [1.82, 2.24) is 8.87 Å². The summed E-state index contributed by atoms with van der Waals surface area (Å²) in [4.78, 5) is 18.0. The summed E-state index contributed by atoms with van der Waals surface area (Å²) in [5.74, 6) is -0.380. The Bertz CT molecular complexity index is 1220. The summed E-state index contributed by atoms with van der Waals surface area (Å²) in [7, 11) is -3.55. The standard InChI is InChI=1S/C22H27N3O3S2/c1-5-14-25-19-13-8-16(4)15-20(19)29-22(25)23-21(26)17-9-11-18(12-10-17)30(27,28)24(6-2)7-3/h8-13,15H,5-7,14H2,1-4H3. The molecular formula is C22H27N3O3S2. The number of aryl methyl sites for hydroxylation is 2. The van der Waals surface area contributed by atoms with Crippen LogP contribution in [0.5, 0.6) is 0 Å². The normalized spacial score (nSPS) is 12.8. The van der Waals surface area contributed by atoms with E-state index >= 15 is 0 Å². The second-order valence-electron chi connectivity index (χ2n) is 7.04. The van der Waals surface area contributed by atoms with Gasteiger partial charge in [0.15, 0.2) is 4.80 Å². The maximum Gasteiger partial charge on any atom is 0.279 e. The Morgan fingerprint density at radius 3 is 2.33 bits per heavy atom. The third-order valence-electron chi connectivity index (χ3n) is 4.93. The zero-order valence-electron chi connectivity index (χ0n) is 17.8. The van der Waals surface area contributed by atoms with Crippen LogP contribution in [0.3, 0.4) is 0 Å². The molecule has 0 N–H and O–H groups in total. The molecule has 0 atom stereocenters. The zero-order chi connectivity index (χ0) is 21.9. The van der Waals surface area contributed by atoms with Gasteiger partial charge in [0, 0.05) is 25.2 Å². The summed E-state index contributed by atoms with van der Waals surface area (Å²) in [6.07, 6.45) is 0.930. The lowest BCUT2D eigenvalue weighted by Gasteiger charge is -2.18. The van der Waals surface area contributed by atoms with Crippen LogP contribution in [-0.4, -0.2) is 36.3 Å². The van der Waals surface area contributed by atoms with Crippen molar-refractivity contribution in [2.24, 2.45) is 4.99 Å². The van der Waals surface area contributed by atoms with Gasteiger partial charge in [-0.2, -0.15) is 9.30 Å². The summed E-state index contributed by atoms with van der Waals surface area (Å²) in [5, 5.41) is 0. The number of amides is 1. The van der Waals surface area contributed by atoms with Crippen LogP contribution in [0.1, 0.15) is 43.1 Å². The molecule has 0 unspecified atom stereocenters. The molecule has 0 fully saturated rings. The number of hydrogen-bond donors (Lipinski definition) is 0. The van der Waals surface area contributed by atoms with Gasteiger partial charge in [0.1, 0.15) is 0 Å². The van der Waals surface area contributed by atoms with Crippen LogP contribution in [0.2, 0.25) is 0 Å². The lowest BCUT2D eigenvalue weighted by Crippen LogP contribution is -2.30. The number of fused-ring (bicyclic) bond motifs is 1. The van der Waals surface area contributed by atoms with Gasteiger partial charge in [-0.05, 0) is 55.3 Å². The third-order valence-corrected chi connectivity index (χ3v) is 8.03. The Balaban J connectivity index is 1.98. The maximum absolute atomic E-state index is 12.8. The van der Waals surface area contributed by atoms with Crippen molar-refractivity contribution in [3.8, 4) is 0 Å². The van der Waals surface area contributed by atoms with Crippen LogP contribution in [0, 0.1) is 6.92 Å². The van der Waals surface area contributed by atoms with E-state index in [1.165, 1.54) is 39.9 Å². The number of thiazole rings is 1. The lowest BCUT2D eigenvalue weighted by atomic mass is 10.2. The van der Waals surface area contributed by atoms with Crippen LogP contribution in [0.15, 0.2) is 52.4 Å². The van der Waals surface area contributed by atoms with Crippen molar-refractivity contribution >= 4 is 37.5 Å². The Morgan fingerprint density at radius 2 is 1.73 bits per heavy atom. The minimum Gasteiger partial charge on any atom is -0.316 e. The van der Waals surface area contributed by atoms with E-state index in [9.17, 15) is 13.2 Å². The number of carbonyl (C=O) groups excluding carboxylic acids is 1. The molecule has 3 rings (SSSR count). The van der Waals surface area contributed by atoms with Crippen molar-refractivity contribution in [2.75, 3.05) is 13.1 Å². The quantitative estimate of drug-likeness (QED) is 0.547.